The number of nitrogens with zero attached hydrogens (tertiary/aromatic N) is 5. The highest BCUT2D eigenvalue weighted by Gasteiger charge is 2.19. The van der Waals surface area contributed by atoms with E-state index in [1.54, 1.807) is 11.3 Å². The molecule has 4 aromatic heterocycles. The van der Waals surface area contributed by atoms with Crippen molar-refractivity contribution in [2.75, 3.05) is 0 Å². The summed E-state index contributed by atoms with van der Waals surface area (Å²) in [5, 5.41) is 7.24. The zero-order valence-corrected chi connectivity index (χ0v) is 16.8. The minimum atomic E-state index is -0.154. The van der Waals surface area contributed by atoms with Gasteiger partial charge in [-0.25, -0.2) is 9.97 Å². The van der Waals surface area contributed by atoms with Crippen molar-refractivity contribution in [2.45, 2.75) is 19.9 Å². The van der Waals surface area contributed by atoms with Crippen molar-refractivity contribution in [2.24, 2.45) is 0 Å². The molecule has 0 saturated carbocycles. The van der Waals surface area contributed by atoms with Crippen molar-refractivity contribution < 1.29 is 0 Å². The van der Waals surface area contributed by atoms with E-state index >= 15 is 0 Å². The highest BCUT2D eigenvalue weighted by atomic mass is 35.5. The number of hydrogen-bond acceptors (Lipinski definition) is 5. The predicted molar refractivity (Wildman–Crippen MR) is 113 cm³/mol. The van der Waals surface area contributed by atoms with E-state index in [4.69, 9.17) is 4.98 Å². The zero-order chi connectivity index (χ0) is 18.5. The third kappa shape index (κ3) is 2.81. The lowest BCUT2D eigenvalue weighted by atomic mass is 10.1. The highest BCUT2D eigenvalue weighted by Crippen LogP contribution is 2.34. The topological polar surface area (TPSA) is 80.9 Å². The molecule has 7 nitrogen and oxygen atoms in total. The fourth-order valence-corrected chi connectivity index (χ4v) is 3.92. The molecule has 0 unspecified atom stereocenters. The molecule has 142 valence electrons. The molecule has 0 aliphatic carbocycles. The molecule has 1 aromatic carbocycles. The first-order chi connectivity index (χ1) is 13.1. The van der Waals surface area contributed by atoms with E-state index in [1.807, 2.05) is 51.1 Å². The largest absolute Gasteiger partial charge is 0.313 e. The molecule has 1 N–H and O–H groups in total. The number of thiazole rings is 1. The molecule has 0 aliphatic rings. The summed E-state index contributed by atoms with van der Waals surface area (Å²) >= 11 is 1.57. The Balaban J connectivity index is 0.00000192. The molecule has 28 heavy (non-hydrogen) atoms. The Labute approximate surface area is 170 Å². The van der Waals surface area contributed by atoms with Gasteiger partial charge in [-0.15, -0.1) is 23.7 Å². The minimum Gasteiger partial charge on any atom is -0.313 e. The highest BCUT2D eigenvalue weighted by molar-refractivity contribution is 7.15. The number of halogens is 1. The molecule has 0 fully saturated rings. The van der Waals surface area contributed by atoms with Crippen molar-refractivity contribution in [1.29, 1.82) is 0 Å². The van der Waals surface area contributed by atoms with E-state index in [2.05, 4.69) is 28.9 Å². The van der Waals surface area contributed by atoms with Gasteiger partial charge in [-0.05, 0) is 32.0 Å². The normalized spacial score (nSPS) is 11.4. The Kier molecular flexibility index (Phi) is 4.52. The molecular weight excluding hydrogens is 396 g/mol. The molecule has 0 atom stereocenters. The second-order valence-electron chi connectivity index (χ2n) is 6.60. The molecule has 0 aliphatic heterocycles. The van der Waals surface area contributed by atoms with Crippen LogP contribution in [0.4, 0.5) is 0 Å². The van der Waals surface area contributed by atoms with Crippen LogP contribution in [0.1, 0.15) is 19.9 Å². The molecule has 5 aromatic rings. The first kappa shape index (κ1) is 18.4. The number of H-pyrrole nitrogens is 1. The minimum absolute atomic E-state index is 0. The Hall–Kier alpha value is -2.97. The molecule has 0 spiro atoms. The van der Waals surface area contributed by atoms with Gasteiger partial charge in [0.25, 0.3) is 5.56 Å². The van der Waals surface area contributed by atoms with Crippen LogP contribution >= 0.6 is 23.7 Å². The van der Waals surface area contributed by atoms with Crippen molar-refractivity contribution in [3.05, 3.63) is 58.7 Å². The summed E-state index contributed by atoms with van der Waals surface area (Å²) in [6, 6.07) is 7.95. The van der Waals surface area contributed by atoms with Gasteiger partial charge in [-0.1, -0.05) is 6.07 Å². The van der Waals surface area contributed by atoms with Gasteiger partial charge in [0.2, 0.25) is 0 Å². The van der Waals surface area contributed by atoms with Crippen LogP contribution in [-0.2, 0) is 0 Å². The number of aromatic amines is 1. The van der Waals surface area contributed by atoms with Crippen LogP contribution in [0, 0.1) is 0 Å². The number of fused-ring (bicyclic) bond motifs is 2. The van der Waals surface area contributed by atoms with Gasteiger partial charge in [-0.2, -0.15) is 5.10 Å². The second-order valence-corrected chi connectivity index (χ2v) is 7.48. The van der Waals surface area contributed by atoms with Crippen molar-refractivity contribution in [3.63, 3.8) is 0 Å². The summed E-state index contributed by atoms with van der Waals surface area (Å²) in [6.45, 7) is 4.18. The predicted octanol–water partition coefficient (Wildman–Crippen LogP) is 4.17. The lowest BCUT2D eigenvalue weighted by Gasteiger charge is -2.06. The van der Waals surface area contributed by atoms with Gasteiger partial charge in [0.1, 0.15) is 11.4 Å². The summed E-state index contributed by atoms with van der Waals surface area (Å²) in [6.07, 6.45) is 5.37. The monoisotopic (exact) mass is 412 g/mol. The third-order valence-electron chi connectivity index (χ3n) is 4.56. The Morgan fingerprint density at radius 3 is 2.82 bits per heavy atom. The van der Waals surface area contributed by atoms with Crippen molar-refractivity contribution in [3.8, 4) is 22.6 Å². The van der Waals surface area contributed by atoms with Crippen molar-refractivity contribution >= 4 is 39.6 Å². The van der Waals surface area contributed by atoms with E-state index < -0.39 is 0 Å². The van der Waals surface area contributed by atoms with Gasteiger partial charge in [-0.3, -0.25) is 13.9 Å². The molecule has 0 amide bonds. The van der Waals surface area contributed by atoms with Gasteiger partial charge < -0.3 is 4.98 Å². The standard InChI is InChI=1S/C19H16N6OS.ClH/c1-11(2)25-6-5-15(23-25)16-17(24-7-8-27-19(24)22-16)12-3-4-14-13(9-12)18(26)21-10-20-14;/h3-11H,1-2H3,(H,20,21,26);1H. The van der Waals surface area contributed by atoms with Crippen LogP contribution < -0.4 is 5.56 Å². The summed E-state index contributed by atoms with van der Waals surface area (Å²) in [5.74, 6) is 0. The maximum atomic E-state index is 12.2. The van der Waals surface area contributed by atoms with E-state index in [0.29, 0.717) is 10.9 Å². The fraction of sp³-hybridized carbons (Fsp3) is 0.158. The van der Waals surface area contributed by atoms with Gasteiger partial charge in [0, 0.05) is 29.4 Å². The second kappa shape index (κ2) is 6.88. The fourth-order valence-electron chi connectivity index (χ4n) is 3.21. The van der Waals surface area contributed by atoms with Crippen LogP contribution in [0.25, 0.3) is 38.5 Å². The quantitative estimate of drug-likeness (QED) is 0.482. The smallest absolute Gasteiger partial charge is 0.258 e. The Morgan fingerprint density at radius 2 is 2.04 bits per heavy atom. The number of imidazole rings is 1. The van der Waals surface area contributed by atoms with E-state index in [0.717, 1.165) is 27.6 Å². The first-order valence-corrected chi connectivity index (χ1v) is 9.48. The van der Waals surface area contributed by atoms with Gasteiger partial charge in [0.05, 0.1) is 22.9 Å². The lowest BCUT2D eigenvalue weighted by molar-refractivity contribution is 0.534. The van der Waals surface area contributed by atoms with Crippen LogP contribution in [0.2, 0.25) is 0 Å². The summed E-state index contributed by atoms with van der Waals surface area (Å²) in [4.78, 5) is 24.8. The number of hydrogen-bond donors (Lipinski definition) is 1. The van der Waals surface area contributed by atoms with Crippen molar-refractivity contribution in [1.82, 2.24) is 29.1 Å². The molecular formula is C19H17ClN6OS. The van der Waals surface area contributed by atoms with E-state index in [9.17, 15) is 4.79 Å². The average molecular weight is 413 g/mol. The Morgan fingerprint density at radius 1 is 1.18 bits per heavy atom. The van der Waals surface area contributed by atoms with Crippen LogP contribution in [-0.4, -0.2) is 29.1 Å². The molecule has 9 heteroatoms. The number of benzene rings is 1. The summed E-state index contributed by atoms with van der Waals surface area (Å²) in [7, 11) is 0. The van der Waals surface area contributed by atoms with E-state index in [1.165, 1.54) is 6.33 Å². The average Bonchev–Trinajstić information content (AvgIpc) is 3.37. The molecule has 4 heterocycles. The third-order valence-corrected chi connectivity index (χ3v) is 5.31. The van der Waals surface area contributed by atoms with Crippen LogP contribution in [0.3, 0.4) is 0 Å². The lowest BCUT2D eigenvalue weighted by Crippen LogP contribution is -2.06. The molecule has 0 saturated heterocycles. The van der Waals surface area contributed by atoms with Crippen LogP contribution in [0.5, 0.6) is 0 Å². The molecule has 5 rings (SSSR count). The van der Waals surface area contributed by atoms with E-state index in [-0.39, 0.29) is 24.0 Å². The maximum Gasteiger partial charge on any atom is 0.258 e. The van der Waals surface area contributed by atoms with Crippen LogP contribution in [0.15, 0.2) is 53.2 Å². The number of nitrogens with one attached hydrogen (secondary N) is 1. The Bertz CT molecular complexity index is 1350. The van der Waals surface area contributed by atoms with Gasteiger partial charge >= 0.3 is 0 Å². The number of rotatable bonds is 3. The zero-order valence-electron chi connectivity index (χ0n) is 15.2. The number of aromatic nitrogens is 6. The first-order valence-electron chi connectivity index (χ1n) is 8.61. The molecule has 0 radical (unpaired) electrons. The molecule has 0 bridgehead atoms. The summed E-state index contributed by atoms with van der Waals surface area (Å²) in [5.41, 5.74) is 3.96. The maximum absolute atomic E-state index is 12.2. The SMILES string of the molecule is CC(C)n1ccc(-c2nc3sccn3c2-c2ccc3nc[nH]c(=O)c3c2)n1.Cl. The summed E-state index contributed by atoms with van der Waals surface area (Å²) < 4.78 is 3.96. The van der Waals surface area contributed by atoms with Gasteiger partial charge in [0.15, 0.2) is 4.96 Å².